The van der Waals surface area contributed by atoms with Crippen LogP contribution in [0.15, 0.2) is 36.4 Å². The van der Waals surface area contributed by atoms with E-state index in [9.17, 15) is 0 Å². The van der Waals surface area contributed by atoms with Crippen molar-refractivity contribution in [1.82, 2.24) is 0 Å². The van der Waals surface area contributed by atoms with Crippen LogP contribution >= 0.6 is 0 Å². The maximum atomic E-state index is 2.43. The highest BCUT2D eigenvalue weighted by Gasteiger charge is 2.15. The summed E-state index contributed by atoms with van der Waals surface area (Å²) in [7, 11) is 0. The normalized spacial score (nSPS) is 12.0. The number of rotatable bonds is 5. The summed E-state index contributed by atoms with van der Waals surface area (Å²) in [5.41, 5.74) is 8.64. The van der Waals surface area contributed by atoms with E-state index in [0.717, 1.165) is 0 Å². The molecular weight excluding hydrogens is 288 g/mol. The maximum absolute atomic E-state index is 2.43. The standard InChI is InChI=1S/C24H34/c1-15(2)19-9-12-22(24(13-19)18(7)8)20-10-11-21(16(3)4)23(14-20)17(5)6/h9-18H,1-8H3. The minimum absolute atomic E-state index is 0.533. The Morgan fingerprint density at radius 2 is 1.08 bits per heavy atom. The van der Waals surface area contributed by atoms with Crippen molar-refractivity contribution in [2.45, 2.75) is 79.1 Å². The Hall–Kier alpha value is -1.56. The first-order valence-corrected chi connectivity index (χ1v) is 9.50. The van der Waals surface area contributed by atoms with Gasteiger partial charge in [-0.05, 0) is 57.1 Å². The Kier molecular flexibility index (Phi) is 5.91. The Labute approximate surface area is 149 Å². The van der Waals surface area contributed by atoms with Crippen LogP contribution in [0.3, 0.4) is 0 Å². The summed E-state index contributed by atoms with van der Waals surface area (Å²) in [4.78, 5) is 0. The molecule has 24 heavy (non-hydrogen) atoms. The second-order valence-corrected chi connectivity index (χ2v) is 8.31. The second kappa shape index (κ2) is 7.55. The molecular formula is C24H34. The molecule has 130 valence electrons. The molecule has 0 heteroatoms. The molecule has 0 aromatic heterocycles. The molecule has 0 fully saturated rings. The van der Waals surface area contributed by atoms with Gasteiger partial charge in [0.1, 0.15) is 0 Å². The molecule has 0 amide bonds. The van der Waals surface area contributed by atoms with Crippen LogP contribution in [-0.2, 0) is 0 Å². The molecule has 0 unspecified atom stereocenters. The molecule has 0 nitrogen and oxygen atoms in total. The lowest BCUT2D eigenvalue weighted by Gasteiger charge is -2.20. The summed E-state index contributed by atoms with van der Waals surface area (Å²) in [5.74, 6) is 2.24. The average Bonchev–Trinajstić information content (AvgIpc) is 2.53. The van der Waals surface area contributed by atoms with E-state index in [-0.39, 0.29) is 0 Å². The van der Waals surface area contributed by atoms with Crippen molar-refractivity contribution in [3.8, 4) is 11.1 Å². The summed E-state index contributed by atoms with van der Waals surface area (Å²) in [6.07, 6.45) is 0. The van der Waals surface area contributed by atoms with Gasteiger partial charge < -0.3 is 0 Å². The van der Waals surface area contributed by atoms with Crippen molar-refractivity contribution in [3.05, 3.63) is 58.7 Å². The highest BCUT2D eigenvalue weighted by Crippen LogP contribution is 2.35. The van der Waals surface area contributed by atoms with E-state index in [4.69, 9.17) is 0 Å². The molecule has 0 spiro atoms. The van der Waals surface area contributed by atoms with Gasteiger partial charge in [0, 0.05) is 0 Å². The number of hydrogen-bond donors (Lipinski definition) is 0. The van der Waals surface area contributed by atoms with E-state index in [1.54, 1.807) is 0 Å². The Bertz CT molecular complexity index is 687. The lowest BCUT2D eigenvalue weighted by molar-refractivity contribution is 0.790. The lowest BCUT2D eigenvalue weighted by atomic mass is 9.84. The van der Waals surface area contributed by atoms with Crippen molar-refractivity contribution in [1.29, 1.82) is 0 Å². The second-order valence-electron chi connectivity index (χ2n) is 8.31. The van der Waals surface area contributed by atoms with Crippen molar-refractivity contribution < 1.29 is 0 Å². The Balaban J connectivity index is 2.61. The predicted octanol–water partition coefficient (Wildman–Crippen LogP) is 7.85. The molecule has 0 radical (unpaired) electrons. The fourth-order valence-electron chi connectivity index (χ4n) is 3.45. The molecule has 0 aliphatic carbocycles. The molecule has 0 saturated heterocycles. The molecule has 0 aliphatic rings. The van der Waals surface area contributed by atoms with Gasteiger partial charge in [-0.2, -0.15) is 0 Å². The maximum Gasteiger partial charge on any atom is -0.0149 e. The van der Waals surface area contributed by atoms with Crippen LogP contribution < -0.4 is 0 Å². The van der Waals surface area contributed by atoms with Crippen molar-refractivity contribution >= 4 is 0 Å². The van der Waals surface area contributed by atoms with Gasteiger partial charge in [0.2, 0.25) is 0 Å². The van der Waals surface area contributed by atoms with Gasteiger partial charge in [-0.3, -0.25) is 0 Å². The Morgan fingerprint density at radius 3 is 1.58 bits per heavy atom. The van der Waals surface area contributed by atoms with Gasteiger partial charge in [0.25, 0.3) is 0 Å². The molecule has 0 N–H and O–H groups in total. The summed E-state index contributed by atoms with van der Waals surface area (Å²) in [6, 6.07) is 14.1. The minimum Gasteiger partial charge on any atom is -0.0587 e. The third-order valence-corrected chi connectivity index (χ3v) is 5.01. The number of hydrogen-bond acceptors (Lipinski definition) is 0. The molecule has 0 saturated carbocycles. The Morgan fingerprint density at radius 1 is 0.500 bits per heavy atom. The minimum atomic E-state index is 0.533. The van der Waals surface area contributed by atoms with Crippen LogP contribution in [0.1, 0.15) is 101 Å². The van der Waals surface area contributed by atoms with Gasteiger partial charge in [0.05, 0.1) is 0 Å². The smallest absolute Gasteiger partial charge is 0.0149 e. The molecule has 2 rings (SSSR count). The van der Waals surface area contributed by atoms with Crippen molar-refractivity contribution in [3.63, 3.8) is 0 Å². The van der Waals surface area contributed by atoms with Crippen LogP contribution in [-0.4, -0.2) is 0 Å². The third kappa shape index (κ3) is 3.91. The fraction of sp³-hybridized carbons (Fsp3) is 0.500. The van der Waals surface area contributed by atoms with Crippen LogP contribution in [0.25, 0.3) is 11.1 Å². The monoisotopic (exact) mass is 322 g/mol. The zero-order valence-corrected chi connectivity index (χ0v) is 16.8. The molecule has 0 aliphatic heterocycles. The topological polar surface area (TPSA) is 0 Å². The van der Waals surface area contributed by atoms with Crippen LogP contribution in [0.2, 0.25) is 0 Å². The van der Waals surface area contributed by atoms with E-state index < -0.39 is 0 Å². The van der Waals surface area contributed by atoms with Crippen molar-refractivity contribution in [2.75, 3.05) is 0 Å². The zero-order chi connectivity index (χ0) is 18.0. The van der Waals surface area contributed by atoms with Crippen LogP contribution in [0, 0.1) is 0 Å². The van der Waals surface area contributed by atoms with E-state index in [1.165, 1.54) is 33.4 Å². The number of benzene rings is 2. The SMILES string of the molecule is CC(C)c1ccc(-c2ccc(C(C)C)c(C(C)C)c2)c(C(C)C)c1. The van der Waals surface area contributed by atoms with Gasteiger partial charge >= 0.3 is 0 Å². The van der Waals surface area contributed by atoms with E-state index >= 15 is 0 Å². The fourth-order valence-corrected chi connectivity index (χ4v) is 3.45. The highest BCUT2D eigenvalue weighted by atomic mass is 14.2. The molecule has 0 bridgehead atoms. The highest BCUT2D eigenvalue weighted by molar-refractivity contribution is 5.70. The van der Waals surface area contributed by atoms with Crippen LogP contribution in [0.4, 0.5) is 0 Å². The van der Waals surface area contributed by atoms with Crippen LogP contribution in [0.5, 0.6) is 0 Å². The molecule has 0 atom stereocenters. The summed E-state index contributed by atoms with van der Waals surface area (Å²) in [5, 5.41) is 0. The molecule has 0 heterocycles. The van der Waals surface area contributed by atoms with Crippen molar-refractivity contribution in [2.24, 2.45) is 0 Å². The first kappa shape index (κ1) is 18.8. The largest absolute Gasteiger partial charge is 0.0587 e. The van der Waals surface area contributed by atoms with Gasteiger partial charge in [-0.25, -0.2) is 0 Å². The van der Waals surface area contributed by atoms with E-state index in [0.29, 0.717) is 23.7 Å². The van der Waals surface area contributed by atoms with E-state index in [1.807, 2.05) is 0 Å². The first-order valence-electron chi connectivity index (χ1n) is 9.50. The summed E-state index contributed by atoms with van der Waals surface area (Å²) < 4.78 is 0. The van der Waals surface area contributed by atoms with E-state index in [2.05, 4.69) is 91.8 Å². The first-order chi connectivity index (χ1) is 11.2. The predicted molar refractivity (Wildman–Crippen MR) is 108 cm³/mol. The van der Waals surface area contributed by atoms with Gasteiger partial charge in [-0.15, -0.1) is 0 Å². The summed E-state index contributed by atoms with van der Waals surface area (Å²) in [6.45, 7) is 18.3. The molecule has 2 aromatic rings. The average molecular weight is 323 g/mol. The molecule has 2 aromatic carbocycles. The lowest BCUT2D eigenvalue weighted by Crippen LogP contribution is -2.01. The quantitative estimate of drug-likeness (QED) is 0.525. The van der Waals surface area contributed by atoms with Gasteiger partial charge in [0.15, 0.2) is 0 Å². The van der Waals surface area contributed by atoms with Gasteiger partial charge in [-0.1, -0.05) is 91.8 Å². The zero-order valence-electron chi connectivity index (χ0n) is 16.8. The summed E-state index contributed by atoms with van der Waals surface area (Å²) >= 11 is 0. The third-order valence-electron chi connectivity index (χ3n) is 5.01.